The van der Waals surface area contributed by atoms with E-state index in [-0.39, 0.29) is 5.91 Å². The van der Waals surface area contributed by atoms with E-state index in [1.54, 1.807) is 12.5 Å². The molecule has 1 aromatic heterocycles. The van der Waals surface area contributed by atoms with Gasteiger partial charge in [0.15, 0.2) is 0 Å². The van der Waals surface area contributed by atoms with Gasteiger partial charge in [0.2, 0.25) is 0 Å². The van der Waals surface area contributed by atoms with Crippen molar-refractivity contribution in [3.63, 3.8) is 0 Å². The number of nitrogens with one attached hydrogen (secondary N) is 1. The number of rotatable bonds is 9. The number of hydrogen-bond donors (Lipinski definition) is 1. The van der Waals surface area contributed by atoms with Gasteiger partial charge in [-0.1, -0.05) is 69.0 Å². The zero-order valence-electron chi connectivity index (χ0n) is 17.1. The number of unbranched alkanes of at least 4 members (excludes halogenated alkanes) is 1. The second-order valence-corrected chi connectivity index (χ2v) is 7.77. The van der Waals surface area contributed by atoms with E-state index in [0.29, 0.717) is 23.2 Å². The molecule has 3 aromatic rings. The number of nitrogens with zero attached hydrogens (tertiary/aromatic N) is 2. The van der Waals surface area contributed by atoms with Gasteiger partial charge in [-0.3, -0.25) is 9.36 Å². The first-order valence-corrected chi connectivity index (χ1v) is 10.7. The van der Waals surface area contributed by atoms with Crippen molar-refractivity contribution >= 4 is 17.5 Å². The van der Waals surface area contributed by atoms with Crippen LogP contribution in [-0.4, -0.2) is 22.0 Å². The van der Waals surface area contributed by atoms with Crippen LogP contribution in [0.4, 0.5) is 0 Å². The Hall–Kier alpha value is -2.59. The highest BCUT2D eigenvalue weighted by Crippen LogP contribution is 2.25. The van der Waals surface area contributed by atoms with Gasteiger partial charge < -0.3 is 5.32 Å². The number of amides is 1. The molecular formula is C24H28ClN3O. The molecule has 5 heteroatoms. The normalized spacial score (nSPS) is 12.0. The Kier molecular flexibility index (Phi) is 7.48. The third kappa shape index (κ3) is 5.48. The average Bonchev–Trinajstić information content (AvgIpc) is 3.24. The fraction of sp³-hybridized carbons (Fsp3) is 0.333. The molecule has 0 saturated carbocycles. The number of hydrogen-bond acceptors (Lipinski definition) is 2. The average molecular weight is 410 g/mol. The summed E-state index contributed by atoms with van der Waals surface area (Å²) in [5.74, 6) is 0.423. The highest BCUT2D eigenvalue weighted by Gasteiger charge is 2.15. The molecule has 0 bridgehead atoms. The van der Waals surface area contributed by atoms with Gasteiger partial charge in [0.25, 0.3) is 5.91 Å². The van der Waals surface area contributed by atoms with Crippen LogP contribution in [0.5, 0.6) is 0 Å². The second-order valence-electron chi connectivity index (χ2n) is 7.34. The number of aromatic nitrogens is 2. The highest BCUT2D eigenvalue weighted by molar-refractivity contribution is 6.30. The first-order chi connectivity index (χ1) is 14.1. The lowest BCUT2D eigenvalue weighted by atomic mass is 9.99. The molecule has 0 aliphatic carbocycles. The predicted octanol–water partition coefficient (Wildman–Crippen LogP) is 6.14. The van der Waals surface area contributed by atoms with E-state index in [0.717, 1.165) is 29.7 Å². The summed E-state index contributed by atoms with van der Waals surface area (Å²) >= 11 is 6.14. The van der Waals surface area contributed by atoms with Crippen molar-refractivity contribution in [2.45, 2.75) is 39.5 Å². The van der Waals surface area contributed by atoms with Gasteiger partial charge in [-0.2, -0.15) is 0 Å². The molecule has 0 radical (unpaired) electrons. The Bertz CT molecular complexity index is 951. The van der Waals surface area contributed by atoms with Crippen molar-refractivity contribution in [3.8, 4) is 16.8 Å². The van der Waals surface area contributed by atoms with E-state index in [2.05, 4.69) is 24.1 Å². The Morgan fingerprint density at radius 2 is 1.90 bits per heavy atom. The molecule has 1 heterocycles. The minimum atomic E-state index is -0.0920. The lowest BCUT2D eigenvalue weighted by Gasteiger charge is -2.16. The highest BCUT2D eigenvalue weighted by atomic mass is 35.5. The molecule has 1 amide bonds. The van der Waals surface area contributed by atoms with Gasteiger partial charge in [-0.25, -0.2) is 4.98 Å². The maximum Gasteiger partial charge on any atom is 0.269 e. The molecule has 0 fully saturated rings. The van der Waals surface area contributed by atoms with E-state index in [4.69, 9.17) is 11.6 Å². The summed E-state index contributed by atoms with van der Waals surface area (Å²) in [7, 11) is 0. The van der Waals surface area contributed by atoms with Gasteiger partial charge in [0, 0.05) is 17.3 Å². The molecule has 29 heavy (non-hydrogen) atoms. The van der Waals surface area contributed by atoms with Crippen LogP contribution in [0.2, 0.25) is 5.02 Å². The number of carbonyl (C=O) groups excluding carboxylic acids is 1. The van der Waals surface area contributed by atoms with Crippen molar-refractivity contribution in [2.24, 2.45) is 5.92 Å². The van der Waals surface area contributed by atoms with Crippen molar-refractivity contribution in [3.05, 3.63) is 71.8 Å². The first kappa shape index (κ1) is 21.1. The van der Waals surface area contributed by atoms with Gasteiger partial charge in [0.05, 0.1) is 12.5 Å². The molecule has 3 rings (SSSR count). The van der Waals surface area contributed by atoms with Gasteiger partial charge in [-0.05, 0) is 47.7 Å². The minimum Gasteiger partial charge on any atom is -0.350 e. The van der Waals surface area contributed by atoms with Crippen LogP contribution in [0, 0.1) is 5.92 Å². The molecule has 152 valence electrons. The molecule has 1 atom stereocenters. The Morgan fingerprint density at radius 1 is 1.14 bits per heavy atom. The van der Waals surface area contributed by atoms with Crippen LogP contribution < -0.4 is 5.32 Å². The predicted molar refractivity (Wildman–Crippen MR) is 120 cm³/mol. The number of halogens is 1. The third-order valence-corrected chi connectivity index (χ3v) is 5.48. The molecule has 0 spiro atoms. The number of imidazole rings is 1. The monoisotopic (exact) mass is 409 g/mol. The summed E-state index contributed by atoms with van der Waals surface area (Å²) in [4.78, 5) is 17.0. The number of carbonyl (C=O) groups is 1. The lowest BCUT2D eigenvalue weighted by Crippen LogP contribution is -2.30. The minimum absolute atomic E-state index is 0.0920. The zero-order valence-corrected chi connectivity index (χ0v) is 17.8. The standard InChI is InChI=1S/C24H28ClN3O/c1-3-5-8-18(4-2)15-27-24(29)23-16-26-17-28(23)22-12-7-10-20(14-22)19-9-6-11-21(25)13-19/h6-7,9-14,16-18H,3-5,8,15H2,1-2H3,(H,27,29)/t18-/m1/s1. The third-order valence-electron chi connectivity index (χ3n) is 5.25. The van der Waals surface area contributed by atoms with Crippen LogP contribution in [0.25, 0.3) is 16.8 Å². The molecule has 1 N–H and O–H groups in total. The zero-order chi connectivity index (χ0) is 20.6. The Balaban J connectivity index is 1.78. The molecule has 0 unspecified atom stereocenters. The first-order valence-electron chi connectivity index (χ1n) is 10.3. The molecule has 2 aromatic carbocycles. The van der Waals surface area contributed by atoms with E-state index in [9.17, 15) is 4.79 Å². The van der Waals surface area contributed by atoms with E-state index in [1.807, 2.05) is 53.1 Å². The van der Waals surface area contributed by atoms with Crippen LogP contribution in [-0.2, 0) is 0 Å². The fourth-order valence-corrected chi connectivity index (χ4v) is 3.63. The van der Waals surface area contributed by atoms with Crippen molar-refractivity contribution in [1.29, 1.82) is 0 Å². The lowest BCUT2D eigenvalue weighted by molar-refractivity contribution is 0.0939. The summed E-state index contributed by atoms with van der Waals surface area (Å²) in [6, 6.07) is 15.8. The van der Waals surface area contributed by atoms with Gasteiger partial charge in [-0.15, -0.1) is 0 Å². The smallest absolute Gasteiger partial charge is 0.269 e. The quantitative estimate of drug-likeness (QED) is 0.461. The second kappa shape index (κ2) is 10.3. The van der Waals surface area contributed by atoms with Crippen LogP contribution in [0.1, 0.15) is 50.0 Å². The SMILES string of the molecule is CCCC[C@@H](CC)CNC(=O)c1cncn1-c1cccc(-c2cccc(Cl)c2)c1. The van der Waals surface area contributed by atoms with Crippen molar-refractivity contribution < 1.29 is 4.79 Å². The molecular weight excluding hydrogens is 382 g/mol. The van der Waals surface area contributed by atoms with Crippen molar-refractivity contribution in [2.75, 3.05) is 6.54 Å². The largest absolute Gasteiger partial charge is 0.350 e. The van der Waals surface area contributed by atoms with Crippen LogP contribution in [0.15, 0.2) is 61.1 Å². The van der Waals surface area contributed by atoms with Crippen molar-refractivity contribution in [1.82, 2.24) is 14.9 Å². The molecule has 4 nitrogen and oxygen atoms in total. The van der Waals surface area contributed by atoms with Crippen LogP contribution >= 0.6 is 11.6 Å². The summed E-state index contributed by atoms with van der Waals surface area (Å²) < 4.78 is 1.83. The van der Waals surface area contributed by atoms with E-state index in [1.165, 1.54) is 12.8 Å². The fourth-order valence-electron chi connectivity index (χ4n) is 3.44. The maximum absolute atomic E-state index is 12.8. The van der Waals surface area contributed by atoms with Gasteiger partial charge in [0.1, 0.15) is 5.69 Å². The molecule has 0 aliphatic heterocycles. The topological polar surface area (TPSA) is 46.9 Å². The molecule has 0 saturated heterocycles. The van der Waals surface area contributed by atoms with Crippen LogP contribution in [0.3, 0.4) is 0 Å². The van der Waals surface area contributed by atoms with E-state index < -0.39 is 0 Å². The van der Waals surface area contributed by atoms with E-state index >= 15 is 0 Å². The molecule has 0 aliphatic rings. The summed E-state index contributed by atoms with van der Waals surface area (Å²) in [6.45, 7) is 5.07. The summed E-state index contributed by atoms with van der Waals surface area (Å²) in [5, 5.41) is 3.79. The maximum atomic E-state index is 12.8. The summed E-state index contributed by atoms with van der Waals surface area (Å²) in [5.41, 5.74) is 3.50. The Morgan fingerprint density at radius 3 is 2.62 bits per heavy atom. The van der Waals surface area contributed by atoms with Gasteiger partial charge >= 0.3 is 0 Å². The number of benzene rings is 2. The summed E-state index contributed by atoms with van der Waals surface area (Å²) in [6.07, 6.45) is 7.90. The Labute approximate surface area is 177 Å².